The zero-order valence-corrected chi connectivity index (χ0v) is 17.0. The van der Waals surface area contributed by atoms with Crippen LogP contribution >= 0.6 is 0 Å². The second-order valence-corrected chi connectivity index (χ2v) is 8.76. The highest BCUT2D eigenvalue weighted by atomic mass is 19.1. The highest BCUT2D eigenvalue weighted by molar-refractivity contribution is 5.95. The van der Waals surface area contributed by atoms with Gasteiger partial charge < -0.3 is 15.1 Å². The molecule has 2 aromatic rings. The number of hydrogen-bond acceptors (Lipinski definition) is 4. The van der Waals surface area contributed by atoms with Crippen LogP contribution in [0.1, 0.15) is 47.7 Å². The summed E-state index contributed by atoms with van der Waals surface area (Å²) in [7, 11) is 0. The van der Waals surface area contributed by atoms with Gasteiger partial charge in [0.1, 0.15) is 11.6 Å². The molecule has 0 aliphatic carbocycles. The van der Waals surface area contributed by atoms with Crippen molar-refractivity contribution in [3.8, 4) is 0 Å². The molecule has 1 N–H and O–H groups in total. The van der Waals surface area contributed by atoms with Crippen molar-refractivity contribution in [3.63, 3.8) is 0 Å². The number of pyridine rings is 1. The second kappa shape index (κ2) is 7.07. The van der Waals surface area contributed by atoms with E-state index in [4.69, 9.17) is 0 Å². The van der Waals surface area contributed by atoms with Crippen molar-refractivity contribution in [1.29, 1.82) is 0 Å². The number of amides is 2. The largest absolute Gasteiger partial charge is 0.360 e. The van der Waals surface area contributed by atoms with E-state index < -0.39 is 0 Å². The average Bonchev–Trinajstić information content (AvgIpc) is 3.45. The smallest absolute Gasteiger partial charge is 0.255 e. The number of carbonyl (C=O) groups excluding carboxylic acids is 2. The Labute approximate surface area is 175 Å². The zero-order chi connectivity index (χ0) is 20.9. The van der Waals surface area contributed by atoms with Gasteiger partial charge in [0.25, 0.3) is 5.91 Å². The van der Waals surface area contributed by atoms with Crippen LogP contribution in [0.15, 0.2) is 36.5 Å². The molecule has 0 spiro atoms. The summed E-state index contributed by atoms with van der Waals surface area (Å²) in [4.78, 5) is 33.4. The Morgan fingerprint density at radius 2 is 2.07 bits per heavy atom. The normalized spacial score (nSPS) is 25.5. The Kier molecular flexibility index (Phi) is 4.49. The number of fused-ring (bicyclic) bond motifs is 1. The molecule has 30 heavy (non-hydrogen) atoms. The lowest BCUT2D eigenvalue weighted by Gasteiger charge is -2.25. The van der Waals surface area contributed by atoms with Crippen LogP contribution in [0.5, 0.6) is 0 Å². The van der Waals surface area contributed by atoms with Crippen molar-refractivity contribution in [1.82, 2.24) is 14.8 Å². The van der Waals surface area contributed by atoms with E-state index in [0.717, 1.165) is 36.3 Å². The predicted octanol–water partition coefficient (Wildman–Crippen LogP) is 2.94. The number of halogens is 1. The van der Waals surface area contributed by atoms with E-state index in [1.807, 2.05) is 15.9 Å². The molecule has 2 saturated heterocycles. The van der Waals surface area contributed by atoms with Crippen LogP contribution in [0, 0.1) is 5.82 Å². The second-order valence-electron chi connectivity index (χ2n) is 8.76. The van der Waals surface area contributed by atoms with Crippen LogP contribution in [0.3, 0.4) is 0 Å². The summed E-state index contributed by atoms with van der Waals surface area (Å²) >= 11 is 0. The number of aromatic nitrogens is 1. The fourth-order valence-electron chi connectivity index (χ4n) is 4.97. The van der Waals surface area contributed by atoms with Gasteiger partial charge in [-0.25, -0.2) is 9.37 Å². The molecule has 5 rings (SSSR count). The first-order valence-electron chi connectivity index (χ1n) is 10.5. The molecule has 1 aromatic carbocycles. The molecule has 156 valence electrons. The molecule has 2 fully saturated rings. The SMILES string of the molecule is CC1(c2ccc(F)cc2)Cc2cc(C(=O)N3CC[C@H](N4CCCC4=O)C3)cnc2N1. The Morgan fingerprint density at radius 3 is 2.80 bits per heavy atom. The lowest BCUT2D eigenvalue weighted by atomic mass is 9.89. The number of nitrogens with one attached hydrogen (secondary N) is 1. The summed E-state index contributed by atoms with van der Waals surface area (Å²) in [6, 6.07) is 8.54. The van der Waals surface area contributed by atoms with E-state index in [1.54, 1.807) is 18.3 Å². The number of rotatable bonds is 3. The third-order valence-corrected chi connectivity index (χ3v) is 6.63. The van der Waals surface area contributed by atoms with Crippen molar-refractivity contribution in [2.45, 2.75) is 44.2 Å². The van der Waals surface area contributed by atoms with Crippen molar-refractivity contribution in [2.75, 3.05) is 25.0 Å². The Hall–Kier alpha value is -2.96. The molecule has 2 atom stereocenters. The van der Waals surface area contributed by atoms with Gasteiger partial charge in [-0.15, -0.1) is 0 Å². The number of hydrogen-bond donors (Lipinski definition) is 1. The van der Waals surface area contributed by atoms with Crippen molar-refractivity contribution < 1.29 is 14.0 Å². The summed E-state index contributed by atoms with van der Waals surface area (Å²) in [5.41, 5.74) is 2.15. The number of likely N-dealkylation sites (tertiary alicyclic amines) is 2. The lowest BCUT2D eigenvalue weighted by molar-refractivity contribution is -0.129. The van der Waals surface area contributed by atoms with E-state index in [0.29, 0.717) is 31.5 Å². The van der Waals surface area contributed by atoms with E-state index in [1.165, 1.54) is 12.1 Å². The molecule has 3 aliphatic rings. The van der Waals surface area contributed by atoms with Gasteiger partial charge in [-0.3, -0.25) is 9.59 Å². The summed E-state index contributed by atoms with van der Waals surface area (Å²) < 4.78 is 13.3. The first-order chi connectivity index (χ1) is 14.4. The van der Waals surface area contributed by atoms with Crippen LogP contribution in [0.4, 0.5) is 10.2 Å². The molecule has 7 heteroatoms. The molecule has 6 nitrogen and oxygen atoms in total. The maximum Gasteiger partial charge on any atom is 0.255 e. The van der Waals surface area contributed by atoms with Crippen LogP contribution in [-0.4, -0.2) is 52.3 Å². The van der Waals surface area contributed by atoms with Crippen LogP contribution in [0.2, 0.25) is 0 Å². The first-order valence-corrected chi connectivity index (χ1v) is 10.5. The number of anilines is 1. The van der Waals surface area contributed by atoms with Gasteiger partial charge >= 0.3 is 0 Å². The van der Waals surface area contributed by atoms with Crippen molar-refractivity contribution in [3.05, 3.63) is 59.0 Å². The topological polar surface area (TPSA) is 65.5 Å². The van der Waals surface area contributed by atoms with Gasteiger partial charge in [0.15, 0.2) is 0 Å². The fourth-order valence-corrected chi connectivity index (χ4v) is 4.97. The van der Waals surface area contributed by atoms with Gasteiger partial charge in [0.2, 0.25) is 5.91 Å². The average molecular weight is 408 g/mol. The fraction of sp³-hybridized carbons (Fsp3) is 0.435. The van der Waals surface area contributed by atoms with Crippen molar-refractivity contribution >= 4 is 17.6 Å². The van der Waals surface area contributed by atoms with E-state index >= 15 is 0 Å². The molecule has 0 saturated carbocycles. The molecule has 3 aliphatic heterocycles. The molecular formula is C23H25FN4O2. The minimum Gasteiger partial charge on any atom is -0.360 e. The number of benzene rings is 1. The maximum atomic E-state index is 13.3. The lowest BCUT2D eigenvalue weighted by Crippen LogP contribution is -2.39. The molecule has 1 aromatic heterocycles. The van der Waals surface area contributed by atoms with Gasteiger partial charge in [0.05, 0.1) is 17.1 Å². The summed E-state index contributed by atoms with van der Waals surface area (Å²) in [5.74, 6) is 0.679. The minimum absolute atomic E-state index is 0.0326. The van der Waals surface area contributed by atoms with Crippen molar-refractivity contribution in [2.24, 2.45) is 0 Å². The number of carbonyl (C=O) groups is 2. The van der Waals surface area contributed by atoms with Crippen LogP contribution in [0.25, 0.3) is 0 Å². The standard InChI is InChI=1S/C23H25FN4O2/c1-23(17-4-6-18(24)7-5-17)12-15-11-16(13-25-21(15)26-23)22(30)27-10-8-19(14-27)28-9-2-3-20(28)29/h4-7,11,13,19H,2-3,8-10,12,14H2,1H3,(H,25,26)/t19-,23?/m0/s1. The van der Waals surface area contributed by atoms with Gasteiger partial charge in [0, 0.05) is 38.7 Å². The summed E-state index contributed by atoms with van der Waals surface area (Å²) in [6.07, 6.45) is 4.67. The highest BCUT2D eigenvalue weighted by Crippen LogP contribution is 2.38. The molecular weight excluding hydrogens is 383 g/mol. The molecule has 0 radical (unpaired) electrons. The molecule has 1 unspecified atom stereocenters. The van der Waals surface area contributed by atoms with Crippen LogP contribution in [-0.2, 0) is 16.8 Å². The third-order valence-electron chi connectivity index (χ3n) is 6.63. The number of nitrogens with zero attached hydrogens (tertiary/aromatic N) is 3. The minimum atomic E-state index is -0.389. The predicted molar refractivity (Wildman–Crippen MR) is 111 cm³/mol. The van der Waals surface area contributed by atoms with E-state index in [2.05, 4.69) is 17.2 Å². The summed E-state index contributed by atoms with van der Waals surface area (Å²) in [5, 5.41) is 3.43. The Bertz CT molecular complexity index is 1010. The van der Waals surface area contributed by atoms with Gasteiger partial charge in [-0.2, -0.15) is 0 Å². The quantitative estimate of drug-likeness (QED) is 0.848. The first kappa shape index (κ1) is 19.0. The molecule has 0 bridgehead atoms. The monoisotopic (exact) mass is 408 g/mol. The highest BCUT2D eigenvalue weighted by Gasteiger charge is 2.37. The third kappa shape index (κ3) is 3.22. The maximum absolute atomic E-state index is 13.3. The Balaban J connectivity index is 1.31. The molecule has 2 amide bonds. The van der Waals surface area contributed by atoms with E-state index in [9.17, 15) is 14.0 Å². The Morgan fingerprint density at radius 1 is 1.27 bits per heavy atom. The zero-order valence-electron chi connectivity index (χ0n) is 17.0. The van der Waals surface area contributed by atoms with Gasteiger partial charge in [-0.1, -0.05) is 12.1 Å². The van der Waals surface area contributed by atoms with Gasteiger partial charge in [-0.05, 0) is 49.1 Å². The molecule has 4 heterocycles. The van der Waals surface area contributed by atoms with Crippen LogP contribution < -0.4 is 5.32 Å². The summed E-state index contributed by atoms with van der Waals surface area (Å²) in [6.45, 7) is 4.12. The van der Waals surface area contributed by atoms with E-state index in [-0.39, 0.29) is 29.2 Å².